The quantitative estimate of drug-likeness (QED) is 0.383. The topological polar surface area (TPSA) is 39.1 Å². The predicted molar refractivity (Wildman–Crippen MR) is 147 cm³/mol. The van der Waals surface area contributed by atoms with Crippen LogP contribution in [0, 0.1) is 35.0 Å². The highest BCUT2D eigenvalue weighted by Crippen LogP contribution is 2.51. The van der Waals surface area contributed by atoms with Crippen LogP contribution in [0.15, 0.2) is 89.3 Å². The van der Waals surface area contributed by atoms with Gasteiger partial charge in [-0.3, -0.25) is 0 Å². The second-order valence-corrected chi connectivity index (χ2v) is 10.4. The summed E-state index contributed by atoms with van der Waals surface area (Å²) in [7, 11) is 6.09. The number of fused-ring (bicyclic) bond motifs is 2. The van der Waals surface area contributed by atoms with E-state index in [0.717, 1.165) is 18.7 Å². The fourth-order valence-corrected chi connectivity index (χ4v) is 6.22. The number of benzene rings is 1. The van der Waals surface area contributed by atoms with E-state index in [1.807, 2.05) is 13.1 Å². The number of nitriles is 1. The number of hydrogen-bond donors (Lipinski definition) is 1. The van der Waals surface area contributed by atoms with Gasteiger partial charge in [-0.1, -0.05) is 67.1 Å². The first kappa shape index (κ1) is 24.9. The maximum atomic E-state index is 9.76. The molecule has 0 radical (unpaired) electrons. The number of allylic oxidation sites excluding steroid dienone is 11. The molecule has 1 aromatic carbocycles. The molecule has 0 aromatic heterocycles. The van der Waals surface area contributed by atoms with E-state index in [-0.39, 0.29) is 0 Å². The third-order valence-corrected chi connectivity index (χ3v) is 8.16. The number of hydrogen-bond acceptors (Lipinski definition) is 3. The predicted octanol–water partition coefficient (Wildman–Crippen LogP) is 6.81. The Labute approximate surface area is 211 Å². The fraction of sp³-hybridized carbons (Fsp3) is 0.406. The summed E-state index contributed by atoms with van der Waals surface area (Å²) in [5.74, 6) is 3.20. The molecule has 1 saturated carbocycles. The summed E-state index contributed by atoms with van der Waals surface area (Å²) >= 11 is 0. The Morgan fingerprint density at radius 2 is 1.94 bits per heavy atom. The van der Waals surface area contributed by atoms with E-state index in [0.29, 0.717) is 23.7 Å². The van der Waals surface area contributed by atoms with Gasteiger partial charge in [0, 0.05) is 27.2 Å². The van der Waals surface area contributed by atoms with Gasteiger partial charge in [0.1, 0.15) is 5.82 Å². The van der Waals surface area contributed by atoms with Crippen LogP contribution in [0.3, 0.4) is 0 Å². The van der Waals surface area contributed by atoms with E-state index in [4.69, 9.17) is 0 Å². The zero-order valence-electron chi connectivity index (χ0n) is 21.9. The first-order chi connectivity index (χ1) is 16.9. The third-order valence-electron chi connectivity index (χ3n) is 8.16. The fourth-order valence-electron chi connectivity index (χ4n) is 6.22. The van der Waals surface area contributed by atoms with E-state index in [1.165, 1.54) is 46.3 Å². The first-order valence-corrected chi connectivity index (χ1v) is 13.0. The van der Waals surface area contributed by atoms with Crippen LogP contribution in [0.4, 0.5) is 0 Å². The van der Waals surface area contributed by atoms with Gasteiger partial charge in [-0.25, -0.2) is 0 Å². The van der Waals surface area contributed by atoms with Crippen LogP contribution in [0.2, 0.25) is 0 Å². The van der Waals surface area contributed by atoms with E-state index < -0.39 is 0 Å². The van der Waals surface area contributed by atoms with E-state index in [9.17, 15) is 5.26 Å². The Balaban J connectivity index is 1.65. The highest BCUT2D eigenvalue weighted by Gasteiger charge is 2.40. The van der Waals surface area contributed by atoms with Crippen molar-refractivity contribution in [3.63, 3.8) is 0 Å². The summed E-state index contributed by atoms with van der Waals surface area (Å²) in [4.78, 5) is 2.10. The molecular formula is C32H39N3. The van der Waals surface area contributed by atoms with Crippen molar-refractivity contribution in [1.29, 1.82) is 5.26 Å². The molecule has 182 valence electrons. The largest absolute Gasteiger partial charge is 0.375 e. The smallest absolute Gasteiger partial charge is 0.100 e. The van der Waals surface area contributed by atoms with Crippen LogP contribution in [0.5, 0.6) is 0 Å². The first-order valence-electron chi connectivity index (χ1n) is 13.0. The minimum absolute atomic E-state index is 0.444. The lowest BCUT2D eigenvalue weighted by molar-refractivity contribution is 0.181. The molecule has 0 aliphatic heterocycles. The molecule has 0 amide bonds. The van der Waals surface area contributed by atoms with Gasteiger partial charge in [-0.2, -0.15) is 5.26 Å². The zero-order valence-corrected chi connectivity index (χ0v) is 21.9. The van der Waals surface area contributed by atoms with Gasteiger partial charge < -0.3 is 10.2 Å². The Morgan fingerprint density at radius 3 is 2.69 bits per heavy atom. The highest BCUT2D eigenvalue weighted by molar-refractivity contribution is 5.87. The van der Waals surface area contributed by atoms with Gasteiger partial charge in [-0.05, 0) is 90.2 Å². The molecule has 1 fully saturated rings. The molecule has 3 aliphatic carbocycles. The van der Waals surface area contributed by atoms with Gasteiger partial charge in [0.2, 0.25) is 0 Å². The molecule has 0 bridgehead atoms. The van der Waals surface area contributed by atoms with Crippen molar-refractivity contribution < 1.29 is 0 Å². The Bertz CT molecular complexity index is 1170. The molecule has 0 saturated heterocycles. The summed E-state index contributed by atoms with van der Waals surface area (Å²) in [5.41, 5.74) is 7.91. The summed E-state index contributed by atoms with van der Waals surface area (Å²) in [6, 6.07) is 11.1. The standard InChI is InChI=1S/C32H39N3/c1-22(14-17-32(34-3)35(4)5)25-15-16-28-29(18-19-33)31(20-23(2)30(28)21-25)27-13-9-7-11-24-10-6-8-12-26(24)27/h6-10,12-14,17-18,20,23,25,28,30,34H,11,15-16,21H2,1-5H3/b22-14+,29-18+,32-17-. The van der Waals surface area contributed by atoms with Crippen LogP contribution in [0.25, 0.3) is 5.57 Å². The van der Waals surface area contributed by atoms with E-state index >= 15 is 0 Å². The minimum Gasteiger partial charge on any atom is -0.375 e. The van der Waals surface area contributed by atoms with E-state index in [2.05, 4.69) is 105 Å². The zero-order chi connectivity index (χ0) is 24.9. The van der Waals surface area contributed by atoms with Crippen molar-refractivity contribution in [2.75, 3.05) is 21.1 Å². The molecule has 1 N–H and O–H groups in total. The molecule has 0 heterocycles. The van der Waals surface area contributed by atoms with Gasteiger partial charge in [0.05, 0.1) is 6.07 Å². The molecular weight excluding hydrogens is 426 g/mol. The van der Waals surface area contributed by atoms with Crippen molar-refractivity contribution in [1.82, 2.24) is 10.2 Å². The molecule has 35 heavy (non-hydrogen) atoms. The average molecular weight is 466 g/mol. The van der Waals surface area contributed by atoms with Crippen molar-refractivity contribution in [2.24, 2.45) is 23.7 Å². The summed E-state index contributed by atoms with van der Waals surface area (Å²) in [6.45, 7) is 4.66. The van der Waals surface area contributed by atoms with E-state index in [1.54, 1.807) is 0 Å². The maximum Gasteiger partial charge on any atom is 0.100 e. The molecule has 3 heteroatoms. The lowest BCUT2D eigenvalue weighted by Crippen LogP contribution is -2.34. The molecule has 4 unspecified atom stereocenters. The summed E-state index contributed by atoms with van der Waals surface area (Å²) in [5, 5.41) is 13.0. The molecule has 0 spiro atoms. The summed E-state index contributed by atoms with van der Waals surface area (Å²) < 4.78 is 0. The van der Waals surface area contributed by atoms with Crippen molar-refractivity contribution >= 4 is 5.57 Å². The van der Waals surface area contributed by atoms with Crippen LogP contribution >= 0.6 is 0 Å². The average Bonchev–Trinajstić information content (AvgIpc) is 3.08. The Kier molecular flexibility index (Phi) is 7.81. The van der Waals surface area contributed by atoms with Gasteiger partial charge in [0.25, 0.3) is 0 Å². The normalized spacial score (nSPS) is 27.7. The van der Waals surface area contributed by atoms with Crippen LogP contribution in [-0.2, 0) is 6.42 Å². The van der Waals surface area contributed by atoms with Gasteiger partial charge >= 0.3 is 0 Å². The van der Waals surface area contributed by atoms with Crippen molar-refractivity contribution in [3.8, 4) is 6.07 Å². The van der Waals surface area contributed by atoms with Gasteiger partial charge in [-0.15, -0.1) is 0 Å². The van der Waals surface area contributed by atoms with Crippen LogP contribution in [0.1, 0.15) is 44.2 Å². The highest BCUT2D eigenvalue weighted by atomic mass is 15.2. The molecule has 1 aromatic rings. The molecule has 4 rings (SSSR count). The Hall–Kier alpha value is -3.25. The van der Waals surface area contributed by atoms with Crippen LogP contribution in [-0.4, -0.2) is 26.0 Å². The molecule has 4 atom stereocenters. The van der Waals surface area contributed by atoms with Crippen molar-refractivity contribution in [2.45, 2.75) is 39.5 Å². The second kappa shape index (κ2) is 11.0. The van der Waals surface area contributed by atoms with Gasteiger partial charge in [0.15, 0.2) is 0 Å². The second-order valence-electron chi connectivity index (χ2n) is 10.4. The number of nitrogens with zero attached hydrogens (tertiary/aromatic N) is 2. The van der Waals surface area contributed by atoms with Crippen molar-refractivity contribution in [3.05, 3.63) is 100 Å². The Morgan fingerprint density at radius 1 is 1.14 bits per heavy atom. The molecule has 3 aliphatic rings. The van der Waals surface area contributed by atoms with Crippen LogP contribution < -0.4 is 5.32 Å². The lowest BCUT2D eigenvalue weighted by atomic mass is 9.60. The number of rotatable bonds is 5. The third kappa shape index (κ3) is 5.22. The lowest BCUT2D eigenvalue weighted by Gasteiger charge is -2.44. The molecule has 3 nitrogen and oxygen atoms in total. The number of nitrogens with one attached hydrogen (secondary N) is 1. The summed E-state index contributed by atoms with van der Waals surface area (Å²) in [6.07, 6.45) is 19.9. The monoisotopic (exact) mass is 465 g/mol. The minimum atomic E-state index is 0.444. The maximum absolute atomic E-state index is 9.76. The SMILES string of the molecule is CN/C(=C/C=C(\C)C1CCC2/C(=C\C#N)C(C3=CC=CCc4ccccc43)=CC(C)C2C1)N(C)C.